The number of amides is 2. The van der Waals surface area contributed by atoms with Gasteiger partial charge in [0.25, 0.3) is 0 Å². The first-order valence-electron chi connectivity index (χ1n) is 7.83. The van der Waals surface area contributed by atoms with Crippen molar-refractivity contribution in [3.8, 4) is 0 Å². The number of hydrogen-bond acceptors (Lipinski definition) is 3. The standard InChI is InChI=1S/C17H20N2O4/c1-18-10-15(21)19(11-14(18)20)13-7-3-2-6-12(13)17(16(22)23)8-4-5-9-17/h2-3,6-7H,4-5,8-11H2,1H3,(H,22,23). The third kappa shape index (κ3) is 2.48. The number of carbonyl (C=O) groups is 3. The van der Waals surface area contributed by atoms with E-state index in [1.165, 1.54) is 9.80 Å². The number of likely N-dealkylation sites (N-methyl/N-ethyl adjacent to an activating group) is 1. The Kier molecular flexibility index (Phi) is 3.83. The molecule has 6 nitrogen and oxygen atoms in total. The Morgan fingerprint density at radius 1 is 1.09 bits per heavy atom. The molecule has 2 amide bonds. The molecule has 1 aromatic carbocycles. The number of nitrogens with zero attached hydrogens (tertiary/aromatic N) is 2. The van der Waals surface area contributed by atoms with Crippen molar-refractivity contribution in [3.63, 3.8) is 0 Å². The van der Waals surface area contributed by atoms with E-state index < -0.39 is 11.4 Å². The van der Waals surface area contributed by atoms with Gasteiger partial charge in [0.15, 0.2) is 0 Å². The summed E-state index contributed by atoms with van der Waals surface area (Å²) in [5.74, 6) is -1.18. The molecule has 1 aliphatic heterocycles. The van der Waals surface area contributed by atoms with Crippen molar-refractivity contribution in [2.24, 2.45) is 0 Å². The summed E-state index contributed by atoms with van der Waals surface area (Å²) in [6, 6.07) is 7.10. The quantitative estimate of drug-likeness (QED) is 0.914. The molecular weight excluding hydrogens is 296 g/mol. The fraction of sp³-hybridized carbons (Fsp3) is 0.471. The molecule has 0 atom stereocenters. The third-order valence-corrected chi connectivity index (χ3v) is 4.97. The molecule has 2 fully saturated rings. The molecule has 0 radical (unpaired) electrons. The summed E-state index contributed by atoms with van der Waals surface area (Å²) in [5.41, 5.74) is 0.252. The molecule has 6 heteroatoms. The predicted molar refractivity (Wildman–Crippen MR) is 84.2 cm³/mol. The van der Waals surface area contributed by atoms with E-state index in [1.54, 1.807) is 31.3 Å². The maximum absolute atomic E-state index is 12.4. The molecule has 1 heterocycles. The van der Waals surface area contributed by atoms with Gasteiger partial charge >= 0.3 is 5.97 Å². The Morgan fingerprint density at radius 3 is 2.39 bits per heavy atom. The van der Waals surface area contributed by atoms with Crippen LogP contribution >= 0.6 is 0 Å². The van der Waals surface area contributed by atoms with Crippen LogP contribution in [-0.2, 0) is 19.8 Å². The number of benzene rings is 1. The van der Waals surface area contributed by atoms with Gasteiger partial charge in [-0.25, -0.2) is 0 Å². The monoisotopic (exact) mass is 316 g/mol. The number of carboxylic acids is 1. The first-order chi connectivity index (χ1) is 11.0. The molecule has 1 aliphatic carbocycles. The smallest absolute Gasteiger partial charge is 0.314 e. The number of carboxylic acid groups (broad SMARTS) is 1. The average Bonchev–Trinajstić information content (AvgIpc) is 3.02. The molecule has 23 heavy (non-hydrogen) atoms. The maximum atomic E-state index is 12.4. The minimum atomic E-state index is -0.955. The fourth-order valence-electron chi connectivity index (χ4n) is 3.63. The van der Waals surface area contributed by atoms with Gasteiger partial charge in [0, 0.05) is 12.7 Å². The highest BCUT2D eigenvalue weighted by molar-refractivity contribution is 6.05. The summed E-state index contributed by atoms with van der Waals surface area (Å²) in [6.07, 6.45) is 2.84. The molecule has 122 valence electrons. The number of para-hydroxylation sites is 1. The first-order valence-corrected chi connectivity index (χ1v) is 7.83. The van der Waals surface area contributed by atoms with Crippen LogP contribution in [-0.4, -0.2) is 47.9 Å². The van der Waals surface area contributed by atoms with Gasteiger partial charge in [0.1, 0.15) is 6.54 Å². The van der Waals surface area contributed by atoms with E-state index in [9.17, 15) is 19.5 Å². The zero-order valence-electron chi connectivity index (χ0n) is 13.1. The Hall–Kier alpha value is -2.37. The van der Waals surface area contributed by atoms with E-state index in [4.69, 9.17) is 0 Å². The number of aliphatic carboxylic acids is 1. The summed E-state index contributed by atoms with van der Waals surface area (Å²) < 4.78 is 0. The maximum Gasteiger partial charge on any atom is 0.314 e. The van der Waals surface area contributed by atoms with Crippen LogP contribution in [0.3, 0.4) is 0 Å². The minimum Gasteiger partial charge on any atom is -0.481 e. The van der Waals surface area contributed by atoms with Crippen LogP contribution in [0.4, 0.5) is 5.69 Å². The SMILES string of the molecule is CN1CC(=O)N(c2ccccc2C2(C(=O)O)CCCC2)CC1=O. The average molecular weight is 316 g/mol. The first kappa shape index (κ1) is 15.5. The topological polar surface area (TPSA) is 77.9 Å². The van der Waals surface area contributed by atoms with E-state index in [2.05, 4.69) is 0 Å². The lowest BCUT2D eigenvalue weighted by Crippen LogP contribution is -2.53. The second-order valence-corrected chi connectivity index (χ2v) is 6.34. The van der Waals surface area contributed by atoms with Crippen molar-refractivity contribution in [2.75, 3.05) is 25.0 Å². The second kappa shape index (κ2) is 5.68. The van der Waals surface area contributed by atoms with Crippen molar-refractivity contribution in [2.45, 2.75) is 31.1 Å². The van der Waals surface area contributed by atoms with E-state index >= 15 is 0 Å². The Labute approximate surface area is 134 Å². The molecule has 1 saturated heterocycles. The van der Waals surface area contributed by atoms with Gasteiger partial charge < -0.3 is 14.9 Å². The lowest BCUT2D eigenvalue weighted by Gasteiger charge is -2.35. The molecule has 0 unspecified atom stereocenters. The minimum absolute atomic E-state index is 0.0211. The highest BCUT2D eigenvalue weighted by Crippen LogP contribution is 2.45. The van der Waals surface area contributed by atoms with Crippen molar-refractivity contribution < 1.29 is 19.5 Å². The number of hydrogen-bond donors (Lipinski definition) is 1. The molecule has 0 spiro atoms. The van der Waals surface area contributed by atoms with Gasteiger partial charge in [-0.2, -0.15) is 0 Å². The van der Waals surface area contributed by atoms with Crippen LogP contribution in [0.25, 0.3) is 0 Å². The fourth-order valence-corrected chi connectivity index (χ4v) is 3.63. The Balaban J connectivity index is 2.06. The molecular formula is C17H20N2O4. The van der Waals surface area contributed by atoms with Gasteiger partial charge in [-0.1, -0.05) is 31.0 Å². The number of piperazine rings is 1. The summed E-state index contributed by atoms with van der Waals surface area (Å²) >= 11 is 0. The molecule has 0 aromatic heterocycles. The summed E-state index contributed by atoms with van der Waals surface area (Å²) in [5, 5.41) is 9.82. The summed E-state index contributed by atoms with van der Waals surface area (Å²) in [6.45, 7) is -0.0186. The Bertz CT molecular complexity index is 664. The van der Waals surface area contributed by atoms with E-state index in [0.29, 0.717) is 24.1 Å². The van der Waals surface area contributed by atoms with E-state index in [0.717, 1.165) is 12.8 Å². The van der Waals surface area contributed by atoms with Gasteiger partial charge in [-0.05, 0) is 24.5 Å². The van der Waals surface area contributed by atoms with Crippen LogP contribution in [0.5, 0.6) is 0 Å². The second-order valence-electron chi connectivity index (χ2n) is 6.34. The third-order valence-electron chi connectivity index (χ3n) is 4.97. The molecule has 1 saturated carbocycles. The van der Waals surface area contributed by atoms with Crippen LogP contribution in [0, 0.1) is 0 Å². The summed E-state index contributed by atoms with van der Waals surface area (Å²) in [7, 11) is 1.60. The van der Waals surface area contributed by atoms with E-state index in [-0.39, 0.29) is 24.9 Å². The van der Waals surface area contributed by atoms with Crippen molar-refractivity contribution >= 4 is 23.5 Å². The highest BCUT2D eigenvalue weighted by Gasteiger charge is 2.45. The normalized spacial score (nSPS) is 20.9. The highest BCUT2D eigenvalue weighted by atomic mass is 16.4. The number of carbonyl (C=O) groups excluding carboxylic acids is 2. The number of anilines is 1. The van der Waals surface area contributed by atoms with Crippen LogP contribution in [0.2, 0.25) is 0 Å². The van der Waals surface area contributed by atoms with Gasteiger partial charge in [-0.3, -0.25) is 14.4 Å². The molecule has 2 aliphatic rings. The predicted octanol–water partition coefficient (Wildman–Crippen LogP) is 1.39. The van der Waals surface area contributed by atoms with Gasteiger partial charge in [0.2, 0.25) is 11.8 Å². The largest absolute Gasteiger partial charge is 0.481 e. The van der Waals surface area contributed by atoms with Crippen molar-refractivity contribution in [3.05, 3.63) is 29.8 Å². The summed E-state index contributed by atoms with van der Waals surface area (Å²) in [4.78, 5) is 39.2. The van der Waals surface area contributed by atoms with Crippen LogP contribution < -0.4 is 4.90 Å². The van der Waals surface area contributed by atoms with Gasteiger partial charge in [0.05, 0.1) is 12.0 Å². The lowest BCUT2D eigenvalue weighted by molar-refractivity contribution is -0.143. The van der Waals surface area contributed by atoms with Crippen molar-refractivity contribution in [1.82, 2.24) is 4.90 Å². The van der Waals surface area contributed by atoms with Gasteiger partial charge in [-0.15, -0.1) is 0 Å². The molecule has 1 N–H and O–H groups in total. The Morgan fingerprint density at radius 2 is 1.74 bits per heavy atom. The zero-order chi connectivity index (χ0) is 16.6. The van der Waals surface area contributed by atoms with Crippen molar-refractivity contribution in [1.29, 1.82) is 0 Å². The van der Waals surface area contributed by atoms with Crippen LogP contribution in [0.15, 0.2) is 24.3 Å². The number of rotatable bonds is 3. The molecule has 3 rings (SSSR count). The lowest BCUT2D eigenvalue weighted by atomic mass is 9.77. The van der Waals surface area contributed by atoms with Crippen LogP contribution in [0.1, 0.15) is 31.2 Å². The van der Waals surface area contributed by atoms with E-state index in [1.807, 2.05) is 0 Å². The zero-order valence-corrected chi connectivity index (χ0v) is 13.1. The molecule has 1 aromatic rings. The molecule has 0 bridgehead atoms.